The van der Waals surface area contributed by atoms with E-state index in [9.17, 15) is 0 Å². The Bertz CT molecular complexity index is 266. The first kappa shape index (κ1) is 11.7. The number of rotatable bonds is 3. The van der Waals surface area contributed by atoms with Crippen molar-refractivity contribution in [3.63, 3.8) is 0 Å². The third-order valence-electron chi connectivity index (χ3n) is 1.39. The summed E-state index contributed by atoms with van der Waals surface area (Å²) in [6.45, 7) is 5.15. The average molecular weight is 208 g/mol. The normalized spacial score (nSPS) is 11.3. The van der Waals surface area contributed by atoms with Gasteiger partial charge in [0.25, 0.3) is 0 Å². The van der Waals surface area contributed by atoms with Crippen LogP contribution in [0.1, 0.15) is 25.5 Å². The number of unbranched alkanes of at least 4 members (excludes halogenated alkanes) is 1. The van der Waals surface area contributed by atoms with Gasteiger partial charge >= 0.3 is 4.87 Å². The smallest absolute Gasteiger partial charge is 0.428 e. The molecule has 0 aliphatic heterocycles. The standard InChI is InChI=1S/C8H13NOS.ClH/c1-3-4-5-9-8-10-7(2)6-11-8;/h6H,3-5H2,1-2H3;1H. The Hall–Kier alpha value is -0.280. The maximum atomic E-state index is 5.34. The molecule has 0 radical (unpaired) electrons. The Kier molecular flexibility index (Phi) is 6.11. The molecular weight excluding hydrogens is 194 g/mol. The van der Waals surface area contributed by atoms with Crippen molar-refractivity contribution in [2.45, 2.75) is 26.7 Å². The van der Waals surface area contributed by atoms with Gasteiger partial charge in [0.05, 0.1) is 0 Å². The molecule has 1 heterocycles. The predicted octanol–water partition coefficient (Wildman–Crippen LogP) is -2.57. The molecule has 1 aromatic heterocycles. The van der Waals surface area contributed by atoms with Crippen molar-refractivity contribution < 1.29 is 21.8 Å². The van der Waals surface area contributed by atoms with Crippen LogP contribution in [0.3, 0.4) is 0 Å². The first-order valence-electron chi connectivity index (χ1n) is 3.95. The Morgan fingerprint density at radius 1 is 1.58 bits per heavy atom. The van der Waals surface area contributed by atoms with Crippen LogP contribution in [0, 0.1) is 6.92 Å². The van der Waals surface area contributed by atoms with Gasteiger partial charge in [0.15, 0.2) is 0 Å². The summed E-state index contributed by atoms with van der Waals surface area (Å²) in [7, 11) is 0. The zero-order chi connectivity index (χ0) is 8.10. The van der Waals surface area contributed by atoms with Gasteiger partial charge in [-0.25, -0.2) is 4.99 Å². The van der Waals surface area contributed by atoms with E-state index >= 15 is 0 Å². The fourth-order valence-electron chi connectivity index (χ4n) is 0.776. The second kappa shape index (κ2) is 6.26. The molecule has 1 N–H and O–H groups in total. The van der Waals surface area contributed by atoms with Gasteiger partial charge in [0.2, 0.25) is 0 Å². The lowest BCUT2D eigenvalue weighted by Crippen LogP contribution is -3.00. The van der Waals surface area contributed by atoms with Crippen LogP contribution in [0.15, 0.2) is 9.80 Å². The maximum absolute atomic E-state index is 5.34. The minimum absolute atomic E-state index is 0. The topological polar surface area (TPSA) is 27.1 Å². The van der Waals surface area contributed by atoms with E-state index in [0.717, 1.165) is 17.2 Å². The van der Waals surface area contributed by atoms with Gasteiger partial charge in [-0.05, 0) is 18.3 Å². The second-order valence-electron chi connectivity index (χ2n) is 2.52. The largest absolute Gasteiger partial charge is 1.00 e. The average Bonchev–Trinajstić information content (AvgIpc) is 2.37. The summed E-state index contributed by atoms with van der Waals surface area (Å²) in [4.78, 5) is 4.15. The molecule has 0 unspecified atom stereocenters. The molecule has 0 aliphatic rings. The van der Waals surface area contributed by atoms with Crippen molar-refractivity contribution in [2.24, 2.45) is 0 Å². The Labute approximate surface area is 82.7 Å². The Balaban J connectivity index is 0.00000121. The summed E-state index contributed by atoms with van der Waals surface area (Å²) in [6.07, 6.45) is 2.42. The van der Waals surface area contributed by atoms with E-state index in [-0.39, 0.29) is 12.4 Å². The van der Waals surface area contributed by atoms with E-state index in [0.29, 0.717) is 0 Å². The van der Waals surface area contributed by atoms with E-state index in [1.54, 1.807) is 11.3 Å². The molecule has 70 valence electrons. The SMILES string of the molecule is CCCC[NH+]=c1oc(C)cs1.[Cl-]. The number of hydrogen-bond acceptors (Lipinski definition) is 2. The molecule has 1 rings (SSSR count). The van der Waals surface area contributed by atoms with E-state index < -0.39 is 0 Å². The summed E-state index contributed by atoms with van der Waals surface area (Å²) in [5.41, 5.74) is 0. The van der Waals surface area contributed by atoms with E-state index in [1.807, 2.05) is 12.3 Å². The molecule has 1 aromatic rings. The molecule has 0 aliphatic carbocycles. The van der Waals surface area contributed by atoms with Crippen molar-refractivity contribution in [3.05, 3.63) is 16.0 Å². The molecule has 0 aromatic carbocycles. The highest BCUT2D eigenvalue weighted by Gasteiger charge is 1.94. The third kappa shape index (κ3) is 3.93. The minimum Gasteiger partial charge on any atom is -1.00 e. The van der Waals surface area contributed by atoms with Crippen LogP contribution in [0.4, 0.5) is 0 Å². The second-order valence-corrected chi connectivity index (χ2v) is 3.36. The van der Waals surface area contributed by atoms with Gasteiger partial charge in [-0.2, -0.15) is 0 Å². The third-order valence-corrected chi connectivity index (χ3v) is 2.28. The van der Waals surface area contributed by atoms with Gasteiger partial charge in [-0.1, -0.05) is 13.3 Å². The molecule has 0 saturated carbocycles. The van der Waals surface area contributed by atoms with Crippen molar-refractivity contribution in [2.75, 3.05) is 6.54 Å². The zero-order valence-electron chi connectivity index (χ0n) is 7.39. The van der Waals surface area contributed by atoms with Crippen LogP contribution >= 0.6 is 11.3 Å². The first-order chi connectivity index (χ1) is 5.33. The van der Waals surface area contributed by atoms with Crippen molar-refractivity contribution in [1.82, 2.24) is 0 Å². The quantitative estimate of drug-likeness (QED) is 0.543. The monoisotopic (exact) mass is 207 g/mol. The van der Waals surface area contributed by atoms with E-state index in [1.165, 1.54) is 12.8 Å². The van der Waals surface area contributed by atoms with Crippen molar-refractivity contribution in [3.8, 4) is 0 Å². The lowest BCUT2D eigenvalue weighted by molar-refractivity contribution is -0.509. The molecule has 2 nitrogen and oxygen atoms in total. The van der Waals surface area contributed by atoms with Crippen molar-refractivity contribution in [1.29, 1.82) is 0 Å². The highest BCUT2D eigenvalue weighted by Crippen LogP contribution is 1.93. The summed E-state index contributed by atoms with van der Waals surface area (Å²) >= 11 is 1.62. The molecule has 0 spiro atoms. The van der Waals surface area contributed by atoms with Crippen LogP contribution in [-0.4, -0.2) is 6.54 Å². The first-order valence-corrected chi connectivity index (χ1v) is 4.83. The molecule has 4 heteroatoms. The Morgan fingerprint density at radius 2 is 2.33 bits per heavy atom. The minimum atomic E-state index is 0. The lowest BCUT2D eigenvalue weighted by atomic mass is 10.3. The number of hydrogen-bond donors (Lipinski definition) is 1. The van der Waals surface area contributed by atoms with Crippen molar-refractivity contribution >= 4 is 11.3 Å². The van der Waals surface area contributed by atoms with Crippen LogP contribution in [0.5, 0.6) is 0 Å². The highest BCUT2D eigenvalue weighted by atomic mass is 35.5. The lowest BCUT2D eigenvalue weighted by Gasteiger charge is -1.79. The molecule has 0 amide bonds. The van der Waals surface area contributed by atoms with Gasteiger partial charge in [0.1, 0.15) is 12.3 Å². The van der Waals surface area contributed by atoms with Crippen LogP contribution in [0.2, 0.25) is 0 Å². The van der Waals surface area contributed by atoms with Crippen LogP contribution < -0.4 is 22.3 Å². The summed E-state index contributed by atoms with van der Waals surface area (Å²) < 4.78 is 5.34. The van der Waals surface area contributed by atoms with Gasteiger partial charge in [0, 0.05) is 11.8 Å². The van der Waals surface area contributed by atoms with Crippen LogP contribution in [0.25, 0.3) is 0 Å². The van der Waals surface area contributed by atoms with Gasteiger partial charge < -0.3 is 16.8 Å². The number of aryl methyl sites for hydroxylation is 1. The van der Waals surface area contributed by atoms with Gasteiger partial charge in [-0.3, -0.25) is 0 Å². The summed E-state index contributed by atoms with van der Waals surface area (Å²) in [5.74, 6) is 0.981. The van der Waals surface area contributed by atoms with Gasteiger partial charge in [-0.15, -0.1) is 0 Å². The van der Waals surface area contributed by atoms with Crippen LogP contribution in [-0.2, 0) is 0 Å². The molecule has 0 bridgehead atoms. The summed E-state index contributed by atoms with van der Waals surface area (Å²) in [5, 5.41) is 2.01. The number of halogens is 1. The summed E-state index contributed by atoms with van der Waals surface area (Å²) in [6, 6.07) is 0. The fourth-order valence-corrected chi connectivity index (χ4v) is 1.46. The molecule has 0 atom stereocenters. The fraction of sp³-hybridized carbons (Fsp3) is 0.625. The molecule has 0 saturated heterocycles. The maximum Gasteiger partial charge on any atom is 0.428 e. The Morgan fingerprint density at radius 3 is 2.83 bits per heavy atom. The van der Waals surface area contributed by atoms with E-state index in [2.05, 4.69) is 11.9 Å². The van der Waals surface area contributed by atoms with E-state index in [4.69, 9.17) is 4.42 Å². The predicted molar refractivity (Wildman–Crippen MR) is 45.2 cm³/mol. The molecule has 12 heavy (non-hydrogen) atoms. The number of nitrogens with one attached hydrogen (secondary N) is 1. The highest BCUT2D eigenvalue weighted by molar-refractivity contribution is 7.06. The zero-order valence-corrected chi connectivity index (χ0v) is 8.97. The molecular formula is C8H14ClNOS. The molecule has 0 fully saturated rings.